The highest BCUT2D eigenvalue weighted by Gasteiger charge is 2.15. The second-order valence-corrected chi connectivity index (χ2v) is 5.31. The number of carbonyl (C=O) groups excluding carboxylic acids is 1. The molecule has 4 heteroatoms. The molecule has 0 saturated carbocycles. The van der Waals surface area contributed by atoms with Crippen LogP contribution in [-0.2, 0) is 9.53 Å². The van der Waals surface area contributed by atoms with Crippen LogP contribution in [0.1, 0.15) is 33.6 Å². The summed E-state index contributed by atoms with van der Waals surface area (Å²) in [4.78, 5) is 11.6. The second kappa shape index (κ2) is 7.67. The fraction of sp³-hybridized carbons (Fsp3) is 0.923. The first kappa shape index (κ1) is 14.5. The maximum Gasteiger partial charge on any atom is 0.234 e. The summed E-state index contributed by atoms with van der Waals surface area (Å²) < 4.78 is 5.25. The van der Waals surface area contributed by atoms with Crippen molar-refractivity contribution in [1.29, 1.82) is 0 Å². The molecule has 1 atom stereocenters. The molecule has 0 radical (unpaired) electrons. The third kappa shape index (κ3) is 6.03. The Balaban J connectivity index is 2.08. The lowest BCUT2D eigenvalue weighted by atomic mass is 9.98. The van der Waals surface area contributed by atoms with E-state index >= 15 is 0 Å². The predicted octanol–water partition coefficient (Wildman–Crippen LogP) is 1.16. The summed E-state index contributed by atoms with van der Waals surface area (Å²) >= 11 is 0. The van der Waals surface area contributed by atoms with Crippen molar-refractivity contribution in [3.8, 4) is 0 Å². The van der Waals surface area contributed by atoms with Crippen LogP contribution in [-0.4, -0.2) is 38.3 Å². The zero-order chi connectivity index (χ0) is 12.7. The Kier molecular flexibility index (Phi) is 6.52. The maximum absolute atomic E-state index is 11.6. The van der Waals surface area contributed by atoms with Crippen LogP contribution in [0, 0.1) is 11.8 Å². The number of carbonyl (C=O) groups is 1. The molecule has 1 rings (SSSR count). The van der Waals surface area contributed by atoms with E-state index in [0.29, 0.717) is 24.4 Å². The van der Waals surface area contributed by atoms with Crippen LogP contribution in [0.15, 0.2) is 0 Å². The van der Waals surface area contributed by atoms with E-state index in [9.17, 15) is 4.79 Å². The molecule has 1 unspecified atom stereocenters. The third-order valence-corrected chi connectivity index (χ3v) is 3.48. The Morgan fingerprint density at radius 2 is 1.94 bits per heavy atom. The van der Waals surface area contributed by atoms with Gasteiger partial charge in [0, 0.05) is 19.3 Å². The number of amides is 1. The van der Waals surface area contributed by atoms with E-state index in [-0.39, 0.29) is 5.91 Å². The highest BCUT2D eigenvalue weighted by molar-refractivity contribution is 5.78. The zero-order valence-corrected chi connectivity index (χ0v) is 11.3. The van der Waals surface area contributed by atoms with Gasteiger partial charge in [-0.3, -0.25) is 4.79 Å². The molecule has 1 heterocycles. The van der Waals surface area contributed by atoms with Gasteiger partial charge in [-0.25, -0.2) is 0 Å². The van der Waals surface area contributed by atoms with E-state index in [4.69, 9.17) is 4.74 Å². The van der Waals surface area contributed by atoms with Crippen molar-refractivity contribution >= 4 is 5.91 Å². The molecule has 0 aliphatic carbocycles. The summed E-state index contributed by atoms with van der Waals surface area (Å²) in [5, 5.41) is 6.25. The van der Waals surface area contributed by atoms with Gasteiger partial charge < -0.3 is 15.4 Å². The van der Waals surface area contributed by atoms with Crippen LogP contribution < -0.4 is 10.6 Å². The highest BCUT2D eigenvalue weighted by Crippen LogP contribution is 2.07. The molecular weight excluding hydrogens is 216 g/mol. The second-order valence-electron chi connectivity index (χ2n) is 5.31. The summed E-state index contributed by atoms with van der Waals surface area (Å²) in [6.45, 7) is 9.47. The number of hydrogen-bond acceptors (Lipinski definition) is 3. The molecule has 0 bridgehead atoms. The number of ether oxygens (including phenoxy) is 1. The molecule has 2 N–H and O–H groups in total. The van der Waals surface area contributed by atoms with Crippen molar-refractivity contribution in [1.82, 2.24) is 10.6 Å². The van der Waals surface area contributed by atoms with Crippen LogP contribution in [0.4, 0.5) is 0 Å². The van der Waals surface area contributed by atoms with Crippen LogP contribution in [0.3, 0.4) is 0 Å². The van der Waals surface area contributed by atoms with Gasteiger partial charge in [-0.05, 0) is 31.2 Å². The van der Waals surface area contributed by atoms with Crippen molar-refractivity contribution in [2.75, 3.05) is 26.3 Å². The van der Waals surface area contributed by atoms with E-state index in [2.05, 4.69) is 31.4 Å². The normalized spacial score (nSPS) is 19.3. The summed E-state index contributed by atoms with van der Waals surface area (Å²) in [6.07, 6.45) is 1.88. The van der Waals surface area contributed by atoms with Crippen molar-refractivity contribution in [3.05, 3.63) is 0 Å². The molecule has 17 heavy (non-hydrogen) atoms. The molecular formula is C13H26N2O2. The Morgan fingerprint density at radius 3 is 2.53 bits per heavy atom. The van der Waals surface area contributed by atoms with Gasteiger partial charge in [0.2, 0.25) is 5.91 Å². The molecule has 1 aliphatic rings. The average molecular weight is 242 g/mol. The SMILES string of the molecule is CC(C)C(C)CNCC(=O)NC1CCOCC1. The van der Waals surface area contributed by atoms with Crippen molar-refractivity contribution < 1.29 is 9.53 Å². The maximum atomic E-state index is 11.6. The lowest BCUT2D eigenvalue weighted by Gasteiger charge is -2.23. The minimum Gasteiger partial charge on any atom is -0.381 e. The van der Waals surface area contributed by atoms with E-state index in [0.717, 1.165) is 32.6 Å². The van der Waals surface area contributed by atoms with E-state index in [1.54, 1.807) is 0 Å². The largest absolute Gasteiger partial charge is 0.381 e. The minimum atomic E-state index is 0.104. The summed E-state index contributed by atoms with van der Waals surface area (Å²) in [7, 11) is 0. The monoisotopic (exact) mass is 242 g/mol. The summed E-state index contributed by atoms with van der Waals surface area (Å²) in [6, 6.07) is 0.306. The standard InChI is InChI=1S/C13H26N2O2/c1-10(2)11(3)8-14-9-13(16)15-12-4-6-17-7-5-12/h10-12,14H,4-9H2,1-3H3,(H,15,16). The molecule has 1 aliphatic heterocycles. The van der Waals surface area contributed by atoms with Crippen LogP contribution >= 0.6 is 0 Å². The predicted molar refractivity (Wildman–Crippen MR) is 68.9 cm³/mol. The van der Waals surface area contributed by atoms with Crippen LogP contribution in [0.5, 0.6) is 0 Å². The highest BCUT2D eigenvalue weighted by atomic mass is 16.5. The van der Waals surface area contributed by atoms with Gasteiger partial charge in [0.25, 0.3) is 0 Å². The number of rotatable bonds is 6. The average Bonchev–Trinajstić information content (AvgIpc) is 2.30. The van der Waals surface area contributed by atoms with E-state index in [1.807, 2.05) is 0 Å². The molecule has 0 spiro atoms. The molecule has 0 aromatic rings. The van der Waals surface area contributed by atoms with Crippen molar-refractivity contribution in [2.45, 2.75) is 39.7 Å². The Hall–Kier alpha value is -0.610. The molecule has 4 nitrogen and oxygen atoms in total. The summed E-state index contributed by atoms with van der Waals surface area (Å²) in [5.41, 5.74) is 0. The van der Waals surface area contributed by atoms with Crippen molar-refractivity contribution in [2.24, 2.45) is 11.8 Å². The van der Waals surface area contributed by atoms with Gasteiger partial charge in [0.05, 0.1) is 6.54 Å². The number of nitrogens with one attached hydrogen (secondary N) is 2. The van der Waals surface area contributed by atoms with Gasteiger partial charge in [0.1, 0.15) is 0 Å². The third-order valence-electron chi connectivity index (χ3n) is 3.48. The molecule has 1 fully saturated rings. The topological polar surface area (TPSA) is 50.4 Å². The molecule has 1 saturated heterocycles. The first-order valence-electron chi connectivity index (χ1n) is 6.67. The van der Waals surface area contributed by atoms with Gasteiger partial charge in [0.15, 0.2) is 0 Å². The summed E-state index contributed by atoms with van der Waals surface area (Å²) in [5.74, 6) is 1.36. The zero-order valence-electron chi connectivity index (χ0n) is 11.3. The molecule has 1 amide bonds. The Labute approximate surface area is 104 Å². The van der Waals surface area contributed by atoms with Gasteiger partial charge >= 0.3 is 0 Å². The van der Waals surface area contributed by atoms with Gasteiger partial charge in [-0.15, -0.1) is 0 Å². The Bertz CT molecular complexity index is 225. The molecule has 0 aromatic heterocycles. The molecule has 0 aromatic carbocycles. The lowest BCUT2D eigenvalue weighted by molar-refractivity contribution is -0.121. The fourth-order valence-electron chi connectivity index (χ4n) is 1.77. The first-order chi connectivity index (χ1) is 8.09. The Morgan fingerprint density at radius 1 is 1.29 bits per heavy atom. The minimum absolute atomic E-state index is 0.104. The quantitative estimate of drug-likeness (QED) is 0.735. The van der Waals surface area contributed by atoms with Crippen LogP contribution in [0.25, 0.3) is 0 Å². The first-order valence-corrected chi connectivity index (χ1v) is 6.67. The van der Waals surface area contributed by atoms with E-state index in [1.165, 1.54) is 0 Å². The van der Waals surface area contributed by atoms with E-state index < -0.39 is 0 Å². The van der Waals surface area contributed by atoms with Crippen molar-refractivity contribution in [3.63, 3.8) is 0 Å². The van der Waals surface area contributed by atoms with Crippen LogP contribution in [0.2, 0.25) is 0 Å². The smallest absolute Gasteiger partial charge is 0.234 e. The molecule has 100 valence electrons. The van der Waals surface area contributed by atoms with Gasteiger partial charge in [-0.2, -0.15) is 0 Å². The fourth-order valence-corrected chi connectivity index (χ4v) is 1.77. The lowest BCUT2D eigenvalue weighted by Crippen LogP contribution is -2.43. The van der Waals surface area contributed by atoms with Gasteiger partial charge in [-0.1, -0.05) is 20.8 Å². The number of hydrogen-bond donors (Lipinski definition) is 2.